The lowest BCUT2D eigenvalue weighted by Crippen LogP contribution is -2.22. The van der Waals surface area contributed by atoms with E-state index in [1.807, 2.05) is 0 Å². The molecule has 1 aromatic carbocycles. The highest BCUT2D eigenvalue weighted by molar-refractivity contribution is 5.88. The molecular weight excluding hydrogens is 278 g/mol. The molecule has 0 radical (unpaired) electrons. The van der Waals surface area contributed by atoms with E-state index in [9.17, 15) is 13.6 Å². The second kappa shape index (κ2) is 4.69. The SMILES string of the molecule is Cc1nc2c(-c3ccc(F)cc3F)ncnc2c(=O)n1C. The number of benzene rings is 1. The van der Waals surface area contributed by atoms with Crippen LogP contribution in [0.25, 0.3) is 22.3 Å². The minimum absolute atomic E-state index is 0.0731. The minimum atomic E-state index is -0.768. The summed E-state index contributed by atoms with van der Waals surface area (Å²) in [6.07, 6.45) is 1.17. The van der Waals surface area contributed by atoms with Crippen molar-refractivity contribution in [2.75, 3.05) is 0 Å². The Labute approximate surface area is 117 Å². The molecule has 0 saturated carbocycles. The number of fused-ring (bicyclic) bond motifs is 1. The highest BCUT2D eigenvalue weighted by Gasteiger charge is 2.16. The Morgan fingerprint density at radius 1 is 1.14 bits per heavy atom. The van der Waals surface area contributed by atoms with Crippen LogP contribution in [0.4, 0.5) is 8.78 Å². The molecular formula is C14H10F2N4O. The van der Waals surface area contributed by atoms with E-state index < -0.39 is 11.6 Å². The maximum Gasteiger partial charge on any atom is 0.279 e. The van der Waals surface area contributed by atoms with E-state index in [-0.39, 0.29) is 27.9 Å². The van der Waals surface area contributed by atoms with Crippen LogP contribution in [0.15, 0.2) is 29.3 Å². The van der Waals surface area contributed by atoms with E-state index in [0.717, 1.165) is 12.1 Å². The maximum atomic E-state index is 13.9. The van der Waals surface area contributed by atoms with Gasteiger partial charge >= 0.3 is 0 Å². The summed E-state index contributed by atoms with van der Waals surface area (Å²) in [5.74, 6) is -1.00. The molecule has 3 rings (SSSR count). The van der Waals surface area contributed by atoms with Crippen LogP contribution in [0.3, 0.4) is 0 Å². The lowest BCUT2D eigenvalue weighted by Gasteiger charge is -2.08. The van der Waals surface area contributed by atoms with E-state index >= 15 is 0 Å². The number of halogens is 2. The highest BCUT2D eigenvalue weighted by Crippen LogP contribution is 2.25. The Bertz CT molecular complexity index is 921. The molecule has 0 aliphatic rings. The number of hydrogen-bond acceptors (Lipinski definition) is 4. The van der Waals surface area contributed by atoms with Gasteiger partial charge in [0, 0.05) is 18.7 Å². The molecule has 5 nitrogen and oxygen atoms in total. The number of hydrogen-bond donors (Lipinski definition) is 0. The first-order valence-electron chi connectivity index (χ1n) is 6.13. The van der Waals surface area contributed by atoms with Crippen molar-refractivity contribution in [1.29, 1.82) is 0 Å². The van der Waals surface area contributed by atoms with E-state index in [4.69, 9.17) is 0 Å². The van der Waals surface area contributed by atoms with Crippen LogP contribution in [-0.4, -0.2) is 19.5 Å². The van der Waals surface area contributed by atoms with Gasteiger partial charge in [-0.25, -0.2) is 23.7 Å². The molecule has 7 heteroatoms. The van der Waals surface area contributed by atoms with E-state index in [0.29, 0.717) is 5.82 Å². The van der Waals surface area contributed by atoms with Crippen molar-refractivity contribution in [3.8, 4) is 11.3 Å². The number of aryl methyl sites for hydroxylation is 1. The summed E-state index contributed by atoms with van der Waals surface area (Å²) in [6, 6.07) is 3.15. The molecule has 106 valence electrons. The molecule has 0 saturated heterocycles. The first-order valence-corrected chi connectivity index (χ1v) is 6.13. The van der Waals surface area contributed by atoms with E-state index in [1.54, 1.807) is 14.0 Å². The summed E-state index contributed by atoms with van der Waals surface area (Å²) in [4.78, 5) is 24.3. The lowest BCUT2D eigenvalue weighted by molar-refractivity contribution is 0.585. The molecule has 0 amide bonds. The summed E-state index contributed by atoms with van der Waals surface area (Å²) >= 11 is 0. The minimum Gasteiger partial charge on any atom is -0.298 e. The van der Waals surface area contributed by atoms with Gasteiger partial charge in [-0.15, -0.1) is 0 Å². The van der Waals surface area contributed by atoms with Crippen LogP contribution in [0.1, 0.15) is 5.82 Å². The van der Waals surface area contributed by atoms with Crippen LogP contribution >= 0.6 is 0 Å². The Morgan fingerprint density at radius 2 is 1.90 bits per heavy atom. The van der Waals surface area contributed by atoms with Gasteiger partial charge in [0.15, 0.2) is 5.52 Å². The third kappa shape index (κ3) is 2.06. The first-order chi connectivity index (χ1) is 9.99. The van der Waals surface area contributed by atoms with Crippen molar-refractivity contribution in [3.05, 3.63) is 52.3 Å². The van der Waals surface area contributed by atoms with Gasteiger partial charge in [-0.05, 0) is 19.1 Å². The standard InChI is InChI=1S/C14H10F2N4O/c1-7-19-12-11(9-4-3-8(15)5-10(9)16)17-6-18-13(12)14(21)20(7)2/h3-6H,1-2H3. The molecule has 0 atom stereocenters. The normalized spacial score (nSPS) is 11.0. The second-order valence-electron chi connectivity index (χ2n) is 4.57. The Morgan fingerprint density at radius 3 is 2.62 bits per heavy atom. The molecule has 0 spiro atoms. The zero-order valence-corrected chi connectivity index (χ0v) is 11.3. The Hall–Kier alpha value is -2.70. The third-order valence-corrected chi connectivity index (χ3v) is 3.27. The molecule has 0 N–H and O–H groups in total. The second-order valence-corrected chi connectivity index (χ2v) is 4.57. The van der Waals surface area contributed by atoms with Gasteiger partial charge in [0.05, 0.1) is 0 Å². The summed E-state index contributed by atoms with van der Waals surface area (Å²) in [5, 5.41) is 0. The Balaban J connectivity index is 2.41. The molecule has 2 heterocycles. The fraction of sp³-hybridized carbons (Fsp3) is 0.143. The smallest absolute Gasteiger partial charge is 0.279 e. The molecule has 0 aliphatic heterocycles. The van der Waals surface area contributed by atoms with Crippen molar-refractivity contribution < 1.29 is 8.78 Å². The van der Waals surface area contributed by atoms with Crippen LogP contribution in [0, 0.1) is 18.6 Å². The number of aromatic nitrogens is 4. The van der Waals surface area contributed by atoms with Gasteiger partial charge in [-0.3, -0.25) is 9.36 Å². The largest absolute Gasteiger partial charge is 0.298 e. The monoisotopic (exact) mass is 288 g/mol. The summed E-state index contributed by atoms with van der Waals surface area (Å²) in [6.45, 7) is 1.65. The lowest BCUT2D eigenvalue weighted by atomic mass is 10.1. The Kier molecular flexibility index (Phi) is 2.97. The molecule has 0 bridgehead atoms. The predicted molar refractivity (Wildman–Crippen MR) is 72.7 cm³/mol. The first kappa shape index (κ1) is 13.3. The molecule has 2 aromatic heterocycles. The maximum absolute atomic E-state index is 13.9. The highest BCUT2D eigenvalue weighted by atomic mass is 19.1. The fourth-order valence-electron chi connectivity index (χ4n) is 2.06. The molecule has 21 heavy (non-hydrogen) atoms. The zero-order chi connectivity index (χ0) is 15.1. The van der Waals surface area contributed by atoms with Crippen molar-refractivity contribution in [1.82, 2.24) is 19.5 Å². The van der Waals surface area contributed by atoms with Gasteiger partial charge in [0.2, 0.25) is 0 Å². The average Bonchev–Trinajstić information content (AvgIpc) is 2.45. The van der Waals surface area contributed by atoms with Gasteiger partial charge < -0.3 is 0 Å². The number of nitrogens with zero attached hydrogens (tertiary/aromatic N) is 4. The van der Waals surface area contributed by atoms with Crippen molar-refractivity contribution in [2.24, 2.45) is 7.05 Å². The third-order valence-electron chi connectivity index (χ3n) is 3.27. The summed E-state index contributed by atoms with van der Waals surface area (Å²) in [7, 11) is 1.57. The molecule has 3 aromatic rings. The van der Waals surface area contributed by atoms with E-state index in [1.165, 1.54) is 17.0 Å². The van der Waals surface area contributed by atoms with Crippen LogP contribution in [-0.2, 0) is 7.05 Å². The van der Waals surface area contributed by atoms with Crippen LogP contribution in [0.5, 0.6) is 0 Å². The van der Waals surface area contributed by atoms with Gasteiger partial charge in [0.1, 0.15) is 35.0 Å². The topological polar surface area (TPSA) is 60.7 Å². The van der Waals surface area contributed by atoms with Gasteiger partial charge in [-0.2, -0.15) is 0 Å². The van der Waals surface area contributed by atoms with Crippen molar-refractivity contribution in [2.45, 2.75) is 6.92 Å². The van der Waals surface area contributed by atoms with Crippen LogP contribution < -0.4 is 5.56 Å². The van der Waals surface area contributed by atoms with Crippen LogP contribution in [0.2, 0.25) is 0 Å². The van der Waals surface area contributed by atoms with E-state index in [2.05, 4.69) is 15.0 Å². The fourth-order valence-corrected chi connectivity index (χ4v) is 2.06. The van der Waals surface area contributed by atoms with Crippen molar-refractivity contribution in [3.63, 3.8) is 0 Å². The average molecular weight is 288 g/mol. The van der Waals surface area contributed by atoms with Gasteiger partial charge in [-0.1, -0.05) is 0 Å². The summed E-state index contributed by atoms with van der Waals surface area (Å²) in [5.41, 5.74) is 0.186. The molecule has 0 unspecified atom stereocenters. The zero-order valence-electron chi connectivity index (χ0n) is 11.3. The van der Waals surface area contributed by atoms with Gasteiger partial charge in [0.25, 0.3) is 5.56 Å². The predicted octanol–water partition coefficient (Wildman–Crippen LogP) is 1.98. The quantitative estimate of drug-likeness (QED) is 0.687. The number of rotatable bonds is 1. The molecule has 0 aliphatic carbocycles. The summed E-state index contributed by atoms with van der Waals surface area (Å²) < 4.78 is 28.3. The van der Waals surface area contributed by atoms with Crippen molar-refractivity contribution >= 4 is 11.0 Å². The molecule has 0 fully saturated rings.